The van der Waals surface area contributed by atoms with Crippen molar-refractivity contribution in [1.82, 2.24) is 14.8 Å². The molecule has 1 N–H and O–H groups in total. The van der Waals surface area contributed by atoms with Crippen LogP contribution in [0.3, 0.4) is 0 Å². The van der Waals surface area contributed by atoms with Crippen molar-refractivity contribution in [2.75, 3.05) is 5.32 Å². The number of halogens is 1. The molecule has 3 aromatic rings. The first-order valence-corrected chi connectivity index (χ1v) is 6.38. The van der Waals surface area contributed by atoms with E-state index >= 15 is 0 Å². The zero-order valence-corrected chi connectivity index (χ0v) is 11.4. The summed E-state index contributed by atoms with van der Waals surface area (Å²) in [7, 11) is 1.80. The van der Waals surface area contributed by atoms with Crippen LogP contribution in [0.1, 0.15) is 10.5 Å². The number of aromatic nitrogens is 3. The smallest absolute Gasteiger partial charge is 0.277 e. The third-order valence-corrected chi connectivity index (χ3v) is 3.14. The van der Waals surface area contributed by atoms with Crippen molar-refractivity contribution in [3.63, 3.8) is 0 Å². The molecule has 0 saturated carbocycles. The molecule has 5 nitrogen and oxygen atoms in total. The highest BCUT2D eigenvalue weighted by atomic mass is 35.5. The molecule has 0 unspecified atom stereocenters. The molecule has 0 aliphatic rings. The van der Waals surface area contributed by atoms with Gasteiger partial charge in [0.25, 0.3) is 5.91 Å². The number of para-hydroxylation sites is 1. The molecule has 2 heterocycles. The molecule has 0 aliphatic carbocycles. The second kappa shape index (κ2) is 4.94. The van der Waals surface area contributed by atoms with Gasteiger partial charge in [-0.3, -0.25) is 9.48 Å². The van der Waals surface area contributed by atoms with Crippen molar-refractivity contribution in [2.45, 2.75) is 0 Å². The minimum Gasteiger partial charge on any atom is -0.305 e. The monoisotopic (exact) mass is 286 g/mol. The van der Waals surface area contributed by atoms with Crippen molar-refractivity contribution in [2.24, 2.45) is 7.05 Å². The molecule has 20 heavy (non-hydrogen) atoms. The molecule has 3 rings (SSSR count). The van der Waals surface area contributed by atoms with Crippen molar-refractivity contribution in [3.8, 4) is 0 Å². The lowest BCUT2D eigenvalue weighted by Gasteiger charge is -2.02. The van der Waals surface area contributed by atoms with E-state index in [1.165, 1.54) is 0 Å². The first-order chi connectivity index (χ1) is 9.65. The molecule has 0 radical (unpaired) electrons. The number of nitrogens with zero attached hydrogens (tertiary/aromatic N) is 3. The highest BCUT2D eigenvalue weighted by Crippen LogP contribution is 2.18. The Kier molecular flexibility index (Phi) is 3.12. The van der Waals surface area contributed by atoms with Gasteiger partial charge in [0.15, 0.2) is 5.69 Å². The van der Waals surface area contributed by atoms with Gasteiger partial charge < -0.3 is 5.32 Å². The van der Waals surface area contributed by atoms with E-state index in [4.69, 9.17) is 11.6 Å². The number of hydrogen-bond acceptors (Lipinski definition) is 3. The summed E-state index contributed by atoms with van der Waals surface area (Å²) >= 11 is 5.79. The van der Waals surface area contributed by atoms with E-state index in [0.717, 1.165) is 10.9 Å². The molecule has 2 aromatic heterocycles. The number of benzene rings is 1. The van der Waals surface area contributed by atoms with E-state index in [0.29, 0.717) is 16.7 Å². The molecule has 1 aromatic carbocycles. The zero-order valence-electron chi connectivity index (χ0n) is 10.7. The van der Waals surface area contributed by atoms with Crippen LogP contribution in [-0.2, 0) is 7.05 Å². The summed E-state index contributed by atoms with van der Waals surface area (Å²) in [6, 6.07) is 12.6. The molecule has 1 amide bonds. The molecule has 0 aliphatic heterocycles. The number of nitrogens with one attached hydrogen (secondary N) is 1. The maximum Gasteiger partial charge on any atom is 0.277 e. The second-order valence-electron chi connectivity index (χ2n) is 4.29. The fourth-order valence-corrected chi connectivity index (χ4v) is 2.20. The summed E-state index contributed by atoms with van der Waals surface area (Å²) in [5.41, 5.74) is 1.27. The van der Waals surface area contributed by atoms with Crippen LogP contribution in [0.15, 0.2) is 42.5 Å². The van der Waals surface area contributed by atoms with Crippen LogP contribution in [-0.4, -0.2) is 20.7 Å². The fraction of sp³-hybridized carbons (Fsp3) is 0.0714. The maximum atomic E-state index is 12.3. The Morgan fingerprint density at radius 3 is 2.80 bits per heavy atom. The van der Waals surface area contributed by atoms with Crippen molar-refractivity contribution in [3.05, 3.63) is 53.3 Å². The van der Waals surface area contributed by atoms with Gasteiger partial charge in [0.2, 0.25) is 0 Å². The Morgan fingerprint density at radius 2 is 2.00 bits per heavy atom. The Balaban J connectivity index is 1.97. The molecule has 0 bridgehead atoms. The lowest BCUT2D eigenvalue weighted by molar-refractivity contribution is 0.102. The van der Waals surface area contributed by atoms with Gasteiger partial charge in [-0.2, -0.15) is 5.10 Å². The van der Waals surface area contributed by atoms with E-state index in [1.807, 2.05) is 24.3 Å². The number of aryl methyl sites for hydroxylation is 1. The van der Waals surface area contributed by atoms with Crippen LogP contribution in [0.25, 0.3) is 10.9 Å². The quantitative estimate of drug-likeness (QED) is 0.737. The Morgan fingerprint density at radius 1 is 1.20 bits per heavy atom. The number of pyridine rings is 1. The molecular formula is C14H11ClN4O. The molecule has 0 spiro atoms. The van der Waals surface area contributed by atoms with Crippen LogP contribution in [0.4, 0.5) is 5.82 Å². The van der Waals surface area contributed by atoms with Gasteiger partial charge in [-0.05, 0) is 18.2 Å². The number of anilines is 1. The summed E-state index contributed by atoms with van der Waals surface area (Å²) < 4.78 is 1.68. The lowest BCUT2D eigenvalue weighted by atomic mass is 10.2. The highest BCUT2D eigenvalue weighted by Gasteiger charge is 2.16. The van der Waals surface area contributed by atoms with Crippen LogP contribution < -0.4 is 5.32 Å². The fourth-order valence-electron chi connectivity index (χ4n) is 2.03. The van der Waals surface area contributed by atoms with Gasteiger partial charge >= 0.3 is 0 Å². The van der Waals surface area contributed by atoms with Gasteiger partial charge in [0, 0.05) is 12.4 Å². The predicted octanol–water partition coefficient (Wildman–Crippen LogP) is 2.87. The molecular weight excluding hydrogens is 276 g/mol. The topological polar surface area (TPSA) is 59.8 Å². The number of hydrogen-bond donors (Lipinski definition) is 1. The molecule has 0 atom stereocenters. The molecule has 0 fully saturated rings. The van der Waals surface area contributed by atoms with Crippen LogP contribution in [0, 0.1) is 0 Å². The van der Waals surface area contributed by atoms with E-state index in [9.17, 15) is 4.79 Å². The zero-order chi connectivity index (χ0) is 14.1. The lowest BCUT2D eigenvalue weighted by Crippen LogP contribution is -2.14. The van der Waals surface area contributed by atoms with Gasteiger partial charge in [0.05, 0.1) is 5.52 Å². The Bertz CT molecular complexity index is 797. The number of rotatable bonds is 2. The molecule has 6 heteroatoms. The number of amides is 1. The average molecular weight is 287 g/mol. The standard InChI is InChI=1S/C14H11ClN4O/c1-19-10-6-3-2-5-9(10)13(18-19)14(20)17-12-8-4-7-11(15)16-12/h2-8H,1H3,(H,16,17,20). The molecule has 100 valence electrons. The average Bonchev–Trinajstić information content (AvgIpc) is 2.77. The minimum atomic E-state index is -0.309. The Labute approximate surface area is 120 Å². The van der Waals surface area contributed by atoms with E-state index < -0.39 is 0 Å². The summed E-state index contributed by atoms with van der Waals surface area (Å²) in [6.07, 6.45) is 0. The van der Waals surface area contributed by atoms with Crippen LogP contribution in [0.5, 0.6) is 0 Å². The van der Waals surface area contributed by atoms with Crippen molar-refractivity contribution in [1.29, 1.82) is 0 Å². The second-order valence-corrected chi connectivity index (χ2v) is 4.68. The third-order valence-electron chi connectivity index (χ3n) is 2.93. The largest absolute Gasteiger partial charge is 0.305 e. The normalized spacial score (nSPS) is 10.7. The van der Waals surface area contributed by atoms with Crippen molar-refractivity contribution >= 4 is 34.2 Å². The summed E-state index contributed by atoms with van der Waals surface area (Å²) in [5, 5.41) is 8.07. The SMILES string of the molecule is Cn1nc(C(=O)Nc2cccc(Cl)n2)c2ccccc21. The van der Waals surface area contributed by atoms with Crippen LogP contribution >= 0.6 is 11.6 Å². The number of carbonyl (C=O) groups excluding carboxylic acids is 1. The number of fused-ring (bicyclic) bond motifs is 1. The van der Waals surface area contributed by atoms with Gasteiger partial charge in [-0.15, -0.1) is 0 Å². The highest BCUT2D eigenvalue weighted by molar-refractivity contribution is 6.29. The molecule has 0 saturated heterocycles. The summed E-state index contributed by atoms with van der Waals surface area (Å²) in [4.78, 5) is 16.3. The number of carbonyl (C=O) groups is 1. The van der Waals surface area contributed by atoms with E-state index in [2.05, 4.69) is 15.4 Å². The van der Waals surface area contributed by atoms with Gasteiger partial charge in [-0.1, -0.05) is 35.9 Å². The van der Waals surface area contributed by atoms with Crippen LogP contribution in [0.2, 0.25) is 5.15 Å². The maximum absolute atomic E-state index is 12.3. The van der Waals surface area contributed by atoms with Gasteiger partial charge in [0.1, 0.15) is 11.0 Å². The first-order valence-electron chi connectivity index (χ1n) is 6.01. The first kappa shape index (κ1) is 12.6. The minimum absolute atomic E-state index is 0.309. The summed E-state index contributed by atoms with van der Waals surface area (Å²) in [5.74, 6) is 0.0915. The third kappa shape index (κ3) is 2.23. The van der Waals surface area contributed by atoms with E-state index in [-0.39, 0.29) is 5.91 Å². The van der Waals surface area contributed by atoms with Gasteiger partial charge in [-0.25, -0.2) is 4.98 Å². The summed E-state index contributed by atoms with van der Waals surface area (Å²) in [6.45, 7) is 0. The van der Waals surface area contributed by atoms with E-state index in [1.54, 1.807) is 29.9 Å². The Hall–Kier alpha value is -2.40. The van der Waals surface area contributed by atoms with Crippen molar-refractivity contribution < 1.29 is 4.79 Å². The predicted molar refractivity (Wildman–Crippen MR) is 77.9 cm³/mol.